The molecule has 1 heterocycles. The van der Waals surface area contributed by atoms with Crippen LogP contribution in [0.4, 0.5) is 0 Å². The molecule has 0 saturated heterocycles. The summed E-state index contributed by atoms with van der Waals surface area (Å²) in [7, 11) is 0. The van der Waals surface area contributed by atoms with Gasteiger partial charge in [0.2, 0.25) is 0 Å². The van der Waals surface area contributed by atoms with Crippen LogP contribution in [0.25, 0.3) is 11.0 Å². The Hall–Kier alpha value is -0.990. The molecule has 1 aromatic heterocycles. The molecule has 2 aromatic rings. The summed E-state index contributed by atoms with van der Waals surface area (Å²) in [5.74, 6) is 1.29. The normalized spacial score (nSPS) is 19.5. The van der Waals surface area contributed by atoms with Gasteiger partial charge in [-0.25, -0.2) is 0 Å². The zero-order chi connectivity index (χ0) is 12.0. The van der Waals surface area contributed by atoms with Crippen molar-refractivity contribution in [3.8, 4) is 0 Å². The molecule has 1 unspecified atom stereocenters. The molecule has 3 heteroatoms. The molecular formula is C14H15ClO2. The summed E-state index contributed by atoms with van der Waals surface area (Å²) in [5, 5.41) is 12.1. The van der Waals surface area contributed by atoms with Gasteiger partial charge in [-0.05, 0) is 43.5 Å². The molecule has 1 saturated carbocycles. The second kappa shape index (κ2) is 3.76. The summed E-state index contributed by atoms with van der Waals surface area (Å²) in [6.07, 6.45) is 3.23. The largest absolute Gasteiger partial charge is 0.458 e. The molecule has 1 aliphatic carbocycles. The Morgan fingerprint density at radius 3 is 2.88 bits per heavy atom. The van der Waals surface area contributed by atoms with E-state index in [2.05, 4.69) is 0 Å². The van der Waals surface area contributed by atoms with Gasteiger partial charge >= 0.3 is 0 Å². The lowest BCUT2D eigenvalue weighted by molar-refractivity contribution is 0.0213. The number of fused-ring (bicyclic) bond motifs is 1. The van der Waals surface area contributed by atoms with E-state index in [0.29, 0.717) is 16.7 Å². The molecule has 2 nitrogen and oxygen atoms in total. The Morgan fingerprint density at radius 2 is 2.18 bits per heavy atom. The molecular weight excluding hydrogens is 236 g/mol. The van der Waals surface area contributed by atoms with Crippen LogP contribution in [-0.4, -0.2) is 5.11 Å². The SMILES string of the molecule is CC(O)(CC1CC1)c1cc2cc(Cl)ccc2o1. The highest BCUT2D eigenvalue weighted by molar-refractivity contribution is 6.31. The molecule has 3 rings (SSSR count). The number of hydrogen-bond donors (Lipinski definition) is 1. The molecule has 1 N–H and O–H groups in total. The smallest absolute Gasteiger partial charge is 0.136 e. The van der Waals surface area contributed by atoms with Crippen molar-refractivity contribution in [3.63, 3.8) is 0 Å². The van der Waals surface area contributed by atoms with Crippen LogP contribution < -0.4 is 0 Å². The van der Waals surface area contributed by atoms with Crippen LogP contribution >= 0.6 is 11.6 Å². The van der Waals surface area contributed by atoms with Gasteiger partial charge in [0.25, 0.3) is 0 Å². The van der Waals surface area contributed by atoms with Gasteiger partial charge in [-0.1, -0.05) is 24.4 Å². The van der Waals surface area contributed by atoms with Crippen LogP contribution in [0, 0.1) is 5.92 Å². The van der Waals surface area contributed by atoms with Crippen molar-refractivity contribution in [1.29, 1.82) is 0 Å². The molecule has 1 atom stereocenters. The third-order valence-electron chi connectivity index (χ3n) is 3.39. The summed E-state index contributed by atoms with van der Waals surface area (Å²) in [6.45, 7) is 1.82. The first kappa shape index (κ1) is 11.1. The molecule has 0 bridgehead atoms. The van der Waals surface area contributed by atoms with Gasteiger partial charge in [-0.15, -0.1) is 0 Å². The highest BCUT2D eigenvalue weighted by Gasteiger charge is 2.35. The van der Waals surface area contributed by atoms with Crippen molar-refractivity contribution >= 4 is 22.6 Å². The third-order valence-corrected chi connectivity index (χ3v) is 3.63. The highest BCUT2D eigenvalue weighted by atomic mass is 35.5. The van der Waals surface area contributed by atoms with Crippen molar-refractivity contribution in [3.05, 3.63) is 35.0 Å². The first-order chi connectivity index (χ1) is 8.04. The highest BCUT2D eigenvalue weighted by Crippen LogP contribution is 2.41. The molecule has 0 radical (unpaired) electrons. The molecule has 1 fully saturated rings. The lowest BCUT2D eigenvalue weighted by atomic mass is 9.96. The quantitative estimate of drug-likeness (QED) is 0.890. The minimum absolute atomic E-state index is 0.640. The first-order valence-electron chi connectivity index (χ1n) is 5.96. The molecule has 0 amide bonds. The van der Waals surface area contributed by atoms with Crippen molar-refractivity contribution < 1.29 is 9.52 Å². The van der Waals surface area contributed by atoms with E-state index in [0.717, 1.165) is 17.4 Å². The fourth-order valence-corrected chi connectivity index (χ4v) is 2.44. The maximum atomic E-state index is 10.4. The van der Waals surface area contributed by atoms with Gasteiger partial charge in [0.05, 0.1) is 0 Å². The molecule has 17 heavy (non-hydrogen) atoms. The number of furan rings is 1. The number of halogens is 1. The predicted octanol–water partition coefficient (Wildman–Crippen LogP) is 4.09. The van der Waals surface area contributed by atoms with E-state index >= 15 is 0 Å². The van der Waals surface area contributed by atoms with Gasteiger partial charge in [0, 0.05) is 10.4 Å². The minimum atomic E-state index is -0.868. The molecule has 1 aliphatic rings. The second-order valence-electron chi connectivity index (χ2n) is 5.21. The Morgan fingerprint density at radius 1 is 1.41 bits per heavy atom. The number of rotatable bonds is 3. The zero-order valence-corrected chi connectivity index (χ0v) is 10.5. The van der Waals surface area contributed by atoms with Crippen molar-refractivity contribution in [1.82, 2.24) is 0 Å². The van der Waals surface area contributed by atoms with Crippen LogP contribution in [0.1, 0.15) is 31.9 Å². The Labute approximate surface area is 105 Å². The Balaban J connectivity index is 1.98. The molecule has 90 valence electrons. The van der Waals surface area contributed by atoms with E-state index in [1.54, 1.807) is 6.07 Å². The van der Waals surface area contributed by atoms with Gasteiger partial charge in [0.1, 0.15) is 16.9 Å². The number of hydrogen-bond acceptors (Lipinski definition) is 2. The van der Waals surface area contributed by atoms with Gasteiger partial charge in [-0.2, -0.15) is 0 Å². The average molecular weight is 251 g/mol. The lowest BCUT2D eigenvalue weighted by Gasteiger charge is -2.20. The van der Waals surface area contributed by atoms with Crippen LogP contribution in [0.3, 0.4) is 0 Å². The van der Waals surface area contributed by atoms with E-state index in [4.69, 9.17) is 16.0 Å². The summed E-state index contributed by atoms with van der Waals surface area (Å²) in [6, 6.07) is 7.39. The Kier molecular flexibility index (Phi) is 2.46. The summed E-state index contributed by atoms with van der Waals surface area (Å²) in [5.41, 5.74) is -0.0902. The zero-order valence-electron chi connectivity index (χ0n) is 9.74. The molecule has 0 aliphatic heterocycles. The Bertz CT molecular complexity index is 552. The average Bonchev–Trinajstić information content (AvgIpc) is 2.94. The summed E-state index contributed by atoms with van der Waals surface area (Å²) >= 11 is 5.93. The number of benzene rings is 1. The van der Waals surface area contributed by atoms with E-state index in [1.165, 1.54) is 12.8 Å². The van der Waals surface area contributed by atoms with Crippen molar-refractivity contribution in [2.45, 2.75) is 31.8 Å². The topological polar surface area (TPSA) is 33.4 Å². The van der Waals surface area contributed by atoms with Crippen LogP contribution in [-0.2, 0) is 5.60 Å². The van der Waals surface area contributed by atoms with Gasteiger partial charge < -0.3 is 9.52 Å². The second-order valence-corrected chi connectivity index (χ2v) is 5.65. The van der Waals surface area contributed by atoms with E-state index in [-0.39, 0.29) is 0 Å². The third kappa shape index (κ3) is 2.20. The monoisotopic (exact) mass is 250 g/mol. The van der Waals surface area contributed by atoms with E-state index < -0.39 is 5.60 Å². The van der Waals surface area contributed by atoms with Crippen LogP contribution in [0.2, 0.25) is 5.02 Å². The maximum Gasteiger partial charge on any atom is 0.136 e. The van der Waals surface area contributed by atoms with Gasteiger partial charge in [-0.3, -0.25) is 0 Å². The first-order valence-corrected chi connectivity index (χ1v) is 6.34. The van der Waals surface area contributed by atoms with E-state index in [1.807, 2.05) is 25.1 Å². The van der Waals surface area contributed by atoms with E-state index in [9.17, 15) is 5.11 Å². The van der Waals surface area contributed by atoms with Gasteiger partial charge in [0.15, 0.2) is 0 Å². The standard InChI is InChI=1S/C14H15ClO2/c1-14(16,8-9-2-3-9)13-7-10-6-11(15)4-5-12(10)17-13/h4-7,9,16H,2-3,8H2,1H3. The van der Waals surface area contributed by atoms with Crippen molar-refractivity contribution in [2.24, 2.45) is 5.92 Å². The lowest BCUT2D eigenvalue weighted by Crippen LogP contribution is -2.20. The fourth-order valence-electron chi connectivity index (χ4n) is 2.26. The summed E-state index contributed by atoms with van der Waals surface area (Å²) in [4.78, 5) is 0. The maximum absolute atomic E-state index is 10.4. The van der Waals surface area contributed by atoms with Crippen LogP contribution in [0.5, 0.6) is 0 Å². The minimum Gasteiger partial charge on any atom is -0.458 e. The predicted molar refractivity (Wildman–Crippen MR) is 68.1 cm³/mol. The fraction of sp³-hybridized carbons (Fsp3) is 0.429. The molecule has 0 spiro atoms. The summed E-state index contributed by atoms with van der Waals surface area (Å²) < 4.78 is 5.71. The van der Waals surface area contributed by atoms with Crippen LogP contribution in [0.15, 0.2) is 28.7 Å². The molecule has 1 aromatic carbocycles. The van der Waals surface area contributed by atoms with Crippen molar-refractivity contribution in [2.75, 3.05) is 0 Å². The number of aliphatic hydroxyl groups is 1.